The first-order valence-corrected chi connectivity index (χ1v) is 10.5. The standard InChI is InChI=1S/C26H25BN2/c1-3-9-20(10-4-1)17-18-23(21-11-5-2-6-12-21)19-27-28-24-15-7-13-22-14-8-16-25(29-27)26(22)24/h1-16,23,28-29H,17-19H2/t23-/m1/s1. The fraction of sp³-hybridized carbons (Fsp3) is 0.154. The molecule has 142 valence electrons. The summed E-state index contributed by atoms with van der Waals surface area (Å²) in [7, 11) is 0. The average Bonchev–Trinajstić information content (AvgIpc) is 2.78. The summed E-state index contributed by atoms with van der Waals surface area (Å²) in [6.07, 6.45) is 3.28. The maximum Gasteiger partial charge on any atom is 0.370 e. The Bertz CT molecular complexity index is 1050. The lowest BCUT2D eigenvalue weighted by atomic mass is 9.63. The van der Waals surface area contributed by atoms with Crippen LogP contribution in [0.5, 0.6) is 0 Å². The zero-order valence-electron chi connectivity index (χ0n) is 16.5. The lowest BCUT2D eigenvalue weighted by molar-refractivity contribution is 0.674. The van der Waals surface area contributed by atoms with Gasteiger partial charge in [0.2, 0.25) is 0 Å². The van der Waals surface area contributed by atoms with E-state index in [0.717, 1.165) is 19.2 Å². The van der Waals surface area contributed by atoms with Gasteiger partial charge in [-0.15, -0.1) is 0 Å². The number of hydrogen-bond donors (Lipinski definition) is 2. The molecular formula is C26H25BN2. The van der Waals surface area contributed by atoms with Gasteiger partial charge in [0, 0.05) is 16.8 Å². The predicted octanol–water partition coefficient (Wildman–Crippen LogP) is 6.58. The van der Waals surface area contributed by atoms with E-state index in [0.29, 0.717) is 5.92 Å². The zero-order valence-corrected chi connectivity index (χ0v) is 16.5. The molecule has 0 radical (unpaired) electrons. The van der Waals surface area contributed by atoms with Crippen molar-refractivity contribution in [3.8, 4) is 0 Å². The van der Waals surface area contributed by atoms with E-state index in [-0.39, 0.29) is 6.98 Å². The molecule has 0 bridgehead atoms. The van der Waals surface area contributed by atoms with Gasteiger partial charge in [0.1, 0.15) is 0 Å². The van der Waals surface area contributed by atoms with Gasteiger partial charge in [0.05, 0.1) is 0 Å². The number of anilines is 2. The van der Waals surface area contributed by atoms with Crippen molar-refractivity contribution in [1.29, 1.82) is 0 Å². The molecule has 4 aromatic rings. The summed E-state index contributed by atoms with van der Waals surface area (Å²) in [5, 5.41) is 10.1. The first-order valence-electron chi connectivity index (χ1n) is 10.5. The van der Waals surface area contributed by atoms with E-state index in [9.17, 15) is 0 Å². The van der Waals surface area contributed by atoms with Gasteiger partial charge in [-0.05, 0) is 53.7 Å². The Morgan fingerprint density at radius 1 is 0.655 bits per heavy atom. The molecule has 1 atom stereocenters. The highest BCUT2D eigenvalue weighted by Crippen LogP contribution is 2.36. The molecule has 3 heteroatoms. The Balaban J connectivity index is 1.38. The Hall–Kier alpha value is -3.20. The molecule has 0 saturated carbocycles. The van der Waals surface area contributed by atoms with Crippen LogP contribution >= 0.6 is 0 Å². The predicted molar refractivity (Wildman–Crippen MR) is 126 cm³/mol. The Morgan fingerprint density at radius 2 is 1.28 bits per heavy atom. The second-order valence-electron chi connectivity index (χ2n) is 7.92. The summed E-state index contributed by atoms with van der Waals surface area (Å²) in [5.41, 5.74) is 5.30. The lowest BCUT2D eigenvalue weighted by Gasteiger charge is -2.29. The summed E-state index contributed by atoms with van der Waals surface area (Å²) in [6.45, 7) is 0.219. The van der Waals surface area contributed by atoms with Gasteiger partial charge < -0.3 is 10.5 Å². The molecule has 1 heterocycles. The lowest BCUT2D eigenvalue weighted by Crippen LogP contribution is -2.38. The van der Waals surface area contributed by atoms with Crippen molar-refractivity contribution in [2.24, 2.45) is 0 Å². The molecule has 1 aliphatic heterocycles. The smallest absolute Gasteiger partial charge is 0.370 e. The van der Waals surface area contributed by atoms with Gasteiger partial charge in [-0.25, -0.2) is 0 Å². The van der Waals surface area contributed by atoms with Crippen LogP contribution in [0.3, 0.4) is 0 Å². The third-order valence-corrected chi connectivity index (χ3v) is 5.98. The van der Waals surface area contributed by atoms with E-state index in [4.69, 9.17) is 0 Å². The summed E-state index contributed by atoms with van der Waals surface area (Å²) in [4.78, 5) is 0. The molecule has 2 nitrogen and oxygen atoms in total. The number of benzene rings is 4. The van der Waals surface area contributed by atoms with Crippen molar-refractivity contribution in [3.05, 3.63) is 108 Å². The van der Waals surface area contributed by atoms with Crippen LogP contribution in [0.15, 0.2) is 97.1 Å². The molecule has 0 unspecified atom stereocenters. The fourth-order valence-corrected chi connectivity index (χ4v) is 4.53. The minimum absolute atomic E-state index is 0.219. The molecule has 0 aromatic heterocycles. The second-order valence-corrected chi connectivity index (χ2v) is 7.92. The van der Waals surface area contributed by atoms with Crippen LogP contribution in [0.2, 0.25) is 6.32 Å². The molecular weight excluding hydrogens is 351 g/mol. The molecule has 0 fully saturated rings. The summed E-state index contributed by atoms with van der Waals surface area (Å²) >= 11 is 0. The van der Waals surface area contributed by atoms with E-state index in [1.165, 1.54) is 33.3 Å². The topological polar surface area (TPSA) is 24.1 Å². The zero-order chi connectivity index (χ0) is 19.5. The van der Waals surface area contributed by atoms with E-state index < -0.39 is 0 Å². The molecule has 4 aromatic carbocycles. The number of hydrogen-bond acceptors (Lipinski definition) is 2. The van der Waals surface area contributed by atoms with Crippen LogP contribution in [0.25, 0.3) is 10.8 Å². The van der Waals surface area contributed by atoms with Gasteiger partial charge in [-0.2, -0.15) is 0 Å². The largest absolute Gasteiger partial charge is 0.409 e. The SMILES string of the molecule is c1ccc(CC[C@H](CB2Nc3cccc4cccc(c34)N2)c2ccccc2)cc1. The molecule has 1 aliphatic rings. The van der Waals surface area contributed by atoms with E-state index in [2.05, 4.69) is 108 Å². The fourth-order valence-electron chi connectivity index (χ4n) is 4.53. The van der Waals surface area contributed by atoms with E-state index in [1.54, 1.807) is 0 Å². The third-order valence-electron chi connectivity index (χ3n) is 5.98. The highest BCUT2D eigenvalue weighted by atomic mass is 15.0. The van der Waals surface area contributed by atoms with Crippen molar-refractivity contribution >= 4 is 29.1 Å². The van der Waals surface area contributed by atoms with Gasteiger partial charge in [-0.1, -0.05) is 84.9 Å². The average molecular weight is 376 g/mol. The minimum Gasteiger partial charge on any atom is -0.409 e. The van der Waals surface area contributed by atoms with Crippen LogP contribution in [-0.2, 0) is 6.42 Å². The Kier molecular flexibility index (Phi) is 4.96. The van der Waals surface area contributed by atoms with Gasteiger partial charge in [-0.3, -0.25) is 0 Å². The molecule has 5 rings (SSSR count). The van der Waals surface area contributed by atoms with Crippen LogP contribution in [0, 0.1) is 0 Å². The first kappa shape index (κ1) is 17.9. The van der Waals surface area contributed by atoms with Crippen molar-refractivity contribution in [3.63, 3.8) is 0 Å². The van der Waals surface area contributed by atoms with Crippen molar-refractivity contribution in [2.45, 2.75) is 25.1 Å². The van der Waals surface area contributed by atoms with Crippen LogP contribution in [0.1, 0.15) is 23.5 Å². The second kappa shape index (κ2) is 8.04. The summed E-state index contributed by atoms with van der Waals surface area (Å²) < 4.78 is 0. The van der Waals surface area contributed by atoms with Crippen molar-refractivity contribution in [1.82, 2.24) is 0 Å². The van der Waals surface area contributed by atoms with E-state index >= 15 is 0 Å². The number of rotatable bonds is 6. The molecule has 2 N–H and O–H groups in total. The number of aryl methyl sites for hydroxylation is 1. The Labute approximate surface area is 173 Å². The van der Waals surface area contributed by atoms with Gasteiger partial charge >= 0.3 is 6.98 Å². The van der Waals surface area contributed by atoms with Crippen LogP contribution < -0.4 is 10.5 Å². The van der Waals surface area contributed by atoms with Gasteiger partial charge in [0.25, 0.3) is 0 Å². The summed E-state index contributed by atoms with van der Waals surface area (Å²) in [5.74, 6) is 0.492. The monoisotopic (exact) mass is 376 g/mol. The molecule has 0 amide bonds. The van der Waals surface area contributed by atoms with Crippen molar-refractivity contribution < 1.29 is 0 Å². The quantitative estimate of drug-likeness (QED) is 0.371. The third kappa shape index (κ3) is 3.86. The van der Waals surface area contributed by atoms with Gasteiger partial charge in [0.15, 0.2) is 0 Å². The molecule has 0 aliphatic carbocycles. The highest BCUT2D eigenvalue weighted by molar-refractivity contribution is 6.68. The Morgan fingerprint density at radius 3 is 1.93 bits per heavy atom. The minimum atomic E-state index is 0.219. The first-order chi connectivity index (χ1) is 14.4. The normalized spacial score (nSPS) is 13.6. The molecule has 29 heavy (non-hydrogen) atoms. The van der Waals surface area contributed by atoms with E-state index in [1.807, 2.05) is 0 Å². The maximum absolute atomic E-state index is 3.75. The van der Waals surface area contributed by atoms with Crippen molar-refractivity contribution in [2.75, 3.05) is 10.5 Å². The van der Waals surface area contributed by atoms with Crippen LogP contribution in [0.4, 0.5) is 11.4 Å². The number of nitrogens with one attached hydrogen (secondary N) is 2. The molecule has 0 saturated heterocycles. The molecule has 0 spiro atoms. The summed E-state index contributed by atoms with van der Waals surface area (Å²) in [6, 6.07) is 34.8. The maximum atomic E-state index is 3.75. The highest BCUT2D eigenvalue weighted by Gasteiger charge is 2.27. The van der Waals surface area contributed by atoms with Crippen LogP contribution in [-0.4, -0.2) is 6.98 Å².